The Hall–Kier alpha value is -3.11. The smallest absolute Gasteiger partial charge is 0.276 e. The van der Waals surface area contributed by atoms with Crippen molar-refractivity contribution in [1.82, 2.24) is 19.9 Å². The number of nitrogens with one attached hydrogen (secondary N) is 2. The van der Waals surface area contributed by atoms with Gasteiger partial charge in [0.15, 0.2) is 16.0 Å². The molecule has 1 amide bonds. The monoisotopic (exact) mass is 398 g/mol. The maximum absolute atomic E-state index is 12.4. The quantitative estimate of drug-likeness (QED) is 0.517. The van der Waals surface area contributed by atoms with Gasteiger partial charge in [-0.2, -0.15) is 0 Å². The van der Waals surface area contributed by atoms with E-state index in [1.165, 1.54) is 22.7 Å². The second-order valence-corrected chi connectivity index (χ2v) is 7.32. The van der Waals surface area contributed by atoms with Crippen LogP contribution in [-0.2, 0) is 0 Å². The largest absolute Gasteiger partial charge is 0.463 e. The van der Waals surface area contributed by atoms with E-state index in [0.717, 1.165) is 11.4 Å². The summed E-state index contributed by atoms with van der Waals surface area (Å²) in [6.07, 6.45) is 1.58. The Labute approximate surface area is 162 Å². The first-order valence-electron chi connectivity index (χ1n) is 7.92. The zero-order valence-corrected chi connectivity index (χ0v) is 16.0. The van der Waals surface area contributed by atoms with Crippen LogP contribution in [-0.4, -0.2) is 25.8 Å². The molecule has 0 aliphatic rings. The summed E-state index contributed by atoms with van der Waals surface area (Å²) in [5.41, 5.74) is 2.68. The highest BCUT2D eigenvalue weighted by Crippen LogP contribution is 2.26. The summed E-state index contributed by atoms with van der Waals surface area (Å²) in [5.74, 6) is 0.776. The Balaban J connectivity index is 1.44. The summed E-state index contributed by atoms with van der Waals surface area (Å²) in [7, 11) is 0. The predicted molar refractivity (Wildman–Crippen MR) is 105 cm³/mol. The minimum atomic E-state index is -0.332. The molecule has 0 aliphatic carbocycles. The Morgan fingerprint density at radius 1 is 1.04 bits per heavy atom. The van der Waals surface area contributed by atoms with Crippen molar-refractivity contribution in [3.63, 3.8) is 0 Å². The van der Waals surface area contributed by atoms with Crippen LogP contribution < -0.4 is 10.6 Å². The van der Waals surface area contributed by atoms with Crippen LogP contribution in [0.25, 0.3) is 11.5 Å². The zero-order chi connectivity index (χ0) is 18.8. The van der Waals surface area contributed by atoms with Crippen LogP contribution in [0.4, 0.5) is 16.2 Å². The maximum Gasteiger partial charge on any atom is 0.276 e. The zero-order valence-electron chi connectivity index (χ0n) is 14.4. The van der Waals surface area contributed by atoms with Crippen LogP contribution in [0.5, 0.6) is 0 Å². The van der Waals surface area contributed by atoms with Gasteiger partial charge < -0.3 is 9.73 Å². The fraction of sp³-hybridized carbons (Fsp3) is 0.118. The molecule has 0 aliphatic heterocycles. The summed E-state index contributed by atoms with van der Waals surface area (Å²) in [5, 5.41) is 10.3. The molecule has 0 radical (unpaired) electrons. The van der Waals surface area contributed by atoms with E-state index in [1.54, 1.807) is 17.7 Å². The Morgan fingerprint density at radius 3 is 2.56 bits per heavy atom. The number of furan rings is 1. The predicted octanol–water partition coefficient (Wildman–Crippen LogP) is 4.26. The van der Waals surface area contributed by atoms with Crippen molar-refractivity contribution in [1.29, 1.82) is 0 Å². The van der Waals surface area contributed by atoms with Gasteiger partial charge in [-0.15, -0.1) is 22.7 Å². The molecule has 10 heteroatoms. The number of nitrogens with zero attached hydrogens (tertiary/aromatic N) is 4. The van der Waals surface area contributed by atoms with E-state index in [4.69, 9.17) is 4.42 Å². The van der Waals surface area contributed by atoms with E-state index >= 15 is 0 Å². The lowest BCUT2D eigenvalue weighted by molar-refractivity contribution is 0.102. The first-order chi connectivity index (χ1) is 13.1. The molecule has 0 aromatic carbocycles. The number of carbonyl (C=O) groups excluding carboxylic acids is 1. The molecule has 0 spiro atoms. The summed E-state index contributed by atoms with van der Waals surface area (Å²) in [6.45, 7) is 3.79. The molecule has 0 bridgehead atoms. The van der Waals surface area contributed by atoms with Crippen molar-refractivity contribution >= 4 is 44.8 Å². The van der Waals surface area contributed by atoms with Gasteiger partial charge in [0.05, 0.1) is 6.26 Å². The van der Waals surface area contributed by atoms with E-state index < -0.39 is 0 Å². The average Bonchev–Trinajstić information content (AvgIpc) is 3.35. The van der Waals surface area contributed by atoms with Gasteiger partial charge in [-0.25, -0.2) is 19.9 Å². The normalized spacial score (nSPS) is 10.7. The molecule has 0 saturated carbocycles. The molecule has 136 valence electrons. The average molecular weight is 398 g/mol. The lowest BCUT2D eigenvalue weighted by Gasteiger charge is -2.03. The van der Waals surface area contributed by atoms with Gasteiger partial charge in [0.2, 0.25) is 5.95 Å². The molecule has 4 rings (SSSR count). The number of hydrogen-bond donors (Lipinski definition) is 2. The van der Waals surface area contributed by atoms with E-state index in [-0.39, 0.29) is 5.91 Å². The van der Waals surface area contributed by atoms with Crippen molar-refractivity contribution < 1.29 is 9.21 Å². The summed E-state index contributed by atoms with van der Waals surface area (Å²) >= 11 is 2.62. The Bertz CT molecular complexity index is 1070. The van der Waals surface area contributed by atoms with Gasteiger partial charge in [-0.05, 0) is 32.0 Å². The molecule has 4 heterocycles. The number of aryl methyl sites for hydroxylation is 2. The van der Waals surface area contributed by atoms with Crippen LogP contribution >= 0.6 is 22.7 Å². The van der Waals surface area contributed by atoms with E-state index in [0.29, 0.717) is 33.4 Å². The first-order valence-corrected chi connectivity index (χ1v) is 9.68. The number of amides is 1. The van der Waals surface area contributed by atoms with Crippen molar-refractivity contribution in [3.8, 4) is 11.5 Å². The standard InChI is InChI=1S/C17H14N6O2S2/c1-9-6-10(2)19-15(18-9)23-17-21-12(8-27-17)14(24)22-16-20-11(7-26-16)13-4-3-5-25-13/h3-8H,1-2H3,(H,20,22,24)(H,18,19,21,23). The van der Waals surface area contributed by atoms with Gasteiger partial charge in [0, 0.05) is 22.1 Å². The fourth-order valence-electron chi connectivity index (χ4n) is 2.34. The third-order valence-electron chi connectivity index (χ3n) is 3.44. The van der Waals surface area contributed by atoms with Gasteiger partial charge in [-0.3, -0.25) is 10.1 Å². The number of anilines is 3. The molecule has 0 saturated heterocycles. The number of carbonyl (C=O) groups is 1. The van der Waals surface area contributed by atoms with Crippen molar-refractivity contribution in [2.24, 2.45) is 0 Å². The number of rotatable bonds is 5. The summed E-state index contributed by atoms with van der Waals surface area (Å²) in [6, 6.07) is 5.49. The molecular formula is C17H14N6O2S2. The molecule has 27 heavy (non-hydrogen) atoms. The van der Waals surface area contributed by atoms with Crippen LogP contribution in [0, 0.1) is 13.8 Å². The van der Waals surface area contributed by atoms with Crippen LogP contribution in [0.15, 0.2) is 39.6 Å². The SMILES string of the molecule is Cc1cc(C)nc(Nc2nc(C(=O)Nc3nc(-c4ccco4)cs3)cs2)n1. The molecule has 2 N–H and O–H groups in total. The van der Waals surface area contributed by atoms with Gasteiger partial charge >= 0.3 is 0 Å². The second-order valence-electron chi connectivity index (χ2n) is 5.61. The van der Waals surface area contributed by atoms with Crippen molar-refractivity contribution in [2.45, 2.75) is 13.8 Å². The van der Waals surface area contributed by atoms with E-state index in [2.05, 4.69) is 30.6 Å². The van der Waals surface area contributed by atoms with E-state index in [1.807, 2.05) is 31.4 Å². The third kappa shape index (κ3) is 4.01. The number of thiazole rings is 2. The van der Waals surface area contributed by atoms with Crippen molar-refractivity contribution in [3.05, 3.63) is 52.3 Å². The third-order valence-corrected chi connectivity index (χ3v) is 4.95. The van der Waals surface area contributed by atoms with Crippen molar-refractivity contribution in [2.75, 3.05) is 10.6 Å². The van der Waals surface area contributed by atoms with Crippen LogP contribution in [0.3, 0.4) is 0 Å². The molecule has 0 atom stereocenters. The van der Waals surface area contributed by atoms with Crippen LogP contribution in [0.2, 0.25) is 0 Å². The fourth-order valence-corrected chi connectivity index (χ4v) is 3.72. The highest BCUT2D eigenvalue weighted by molar-refractivity contribution is 7.14. The molecule has 4 aromatic rings. The Kier molecular flexibility index (Phi) is 4.65. The summed E-state index contributed by atoms with van der Waals surface area (Å²) < 4.78 is 5.30. The Morgan fingerprint density at radius 2 is 1.81 bits per heavy atom. The van der Waals surface area contributed by atoms with Gasteiger partial charge in [0.25, 0.3) is 5.91 Å². The van der Waals surface area contributed by atoms with E-state index in [9.17, 15) is 4.79 Å². The maximum atomic E-state index is 12.4. The van der Waals surface area contributed by atoms with Gasteiger partial charge in [-0.1, -0.05) is 0 Å². The van der Waals surface area contributed by atoms with Gasteiger partial charge in [0.1, 0.15) is 11.4 Å². The highest BCUT2D eigenvalue weighted by Gasteiger charge is 2.15. The molecule has 0 unspecified atom stereocenters. The minimum Gasteiger partial charge on any atom is -0.463 e. The first kappa shape index (κ1) is 17.3. The number of aromatic nitrogens is 4. The molecular weight excluding hydrogens is 384 g/mol. The lowest BCUT2D eigenvalue weighted by Crippen LogP contribution is -2.12. The molecule has 0 fully saturated rings. The second kappa shape index (κ2) is 7.25. The topological polar surface area (TPSA) is 106 Å². The minimum absolute atomic E-state index is 0.293. The molecule has 4 aromatic heterocycles. The summed E-state index contributed by atoms with van der Waals surface area (Å²) in [4.78, 5) is 29.6. The highest BCUT2D eigenvalue weighted by atomic mass is 32.1. The molecule has 8 nitrogen and oxygen atoms in total. The number of hydrogen-bond acceptors (Lipinski definition) is 9. The lowest BCUT2D eigenvalue weighted by atomic mass is 10.4. The van der Waals surface area contributed by atoms with Crippen LogP contribution in [0.1, 0.15) is 21.9 Å².